The van der Waals surface area contributed by atoms with Crippen LogP contribution < -0.4 is 4.90 Å². The second-order valence-corrected chi connectivity index (χ2v) is 15.9. The predicted molar refractivity (Wildman–Crippen MR) is 251 cm³/mol. The largest absolute Gasteiger partial charge is 0.310 e. The van der Waals surface area contributed by atoms with Gasteiger partial charge in [-0.25, -0.2) is 0 Å². The molecule has 11 rings (SSSR count). The van der Waals surface area contributed by atoms with Crippen molar-refractivity contribution < 1.29 is 0 Å². The number of benzene rings is 10. The van der Waals surface area contributed by atoms with Gasteiger partial charge in [-0.1, -0.05) is 182 Å². The Balaban J connectivity index is 1.00. The van der Waals surface area contributed by atoms with Crippen LogP contribution in [-0.4, -0.2) is 0 Å². The smallest absolute Gasteiger partial charge is 0.0540 e. The summed E-state index contributed by atoms with van der Waals surface area (Å²) in [6.07, 6.45) is 0. The van der Waals surface area contributed by atoms with E-state index in [1.807, 2.05) is 11.3 Å². The Kier molecular flexibility index (Phi) is 8.42. The van der Waals surface area contributed by atoms with Crippen molar-refractivity contribution in [1.82, 2.24) is 0 Å². The summed E-state index contributed by atoms with van der Waals surface area (Å²) in [7, 11) is 0. The molecule has 0 saturated heterocycles. The summed E-state index contributed by atoms with van der Waals surface area (Å²) < 4.78 is 2.62. The number of fused-ring (bicyclic) bond motifs is 5. The van der Waals surface area contributed by atoms with Crippen molar-refractivity contribution in [3.63, 3.8) is 0 Å². The van der Waals surface area contributed by atoms with Gasteiger partial charge < -0.3 is 4.90 Å². The molecule has 0 spiro atoms. The summed E-state index contributed by atoms with van der Waals surface area (Å²) in [5, 5.41) is 7.64. The average molecular weight is 756 g/mol. The van der Waals surface area contributed by atoms with Crippen LogP contribution in [0.1, 0.15) is 0 Å². The second-order valence-electron chi connectivity index (χ2n) is 14.9. The fraction of sp³-hybridized carbons (Fsp3) is 0. The lowest BCUT2D eigenvalue weighted by Gasteiger charge is -2.28. The highest BCUT2D eigenvalue weighted by molar-refractivity contribution is 7.26. The topological polar surface area (TPSA) is 3.24 Å². The predicted octanol–water partition coefficient (Wildman–Crippen LogP) is 16.5. The monoisotopic (exact) mass is 755 g/mol. The third-order valence-electron chi connectivity index (χ3n) is 11.5. The Labute approximate surface area is 342 Å². The maximum absolute atomic E-state index is 2.42. The van der Waals surface area contributed by atoms with Gasteiger partial charge in [0.15, 0.2) is 0 Å². The molecule has 11 aromatic rings. The number of hydrogen-bond acceptors (Lipinski definition) is 2. The zero-order valence-electron chi connectivity index (χ0n) is 31.7. The Morgan fingerprint density at radius 2 is 0.793 bits per heavy atom. The normalized spacial score (nSPS) is 11.4. The minimum Gasteiger partial charge on any atom is -0.310 e. The van der Waals surface area contributed by atoms with Crippen molar-refractivity contribution in [2.75, 3.05) is 4.90 Å². The molecule has 0 unspecified atom stereocenters. The van der Waals surface area contributed by atoms with E-state index in [1.54, 1.807) is 0 Å². The Bertz CT molecular complexity index is 3260. The fourth-order valence-corrected chi connectivity index (χ4v) is 9.81. The summed E-state index contributed by atoms with van der Waals surface area (Å²) in [6.45, 7) is 0. The minimum atomic E-state index is 1.10. The maximum Gasteiger partial charge on any atom is 0.0540 e. The summed E-state index contributed by atoms with van der Waals surface area (Å²) in [5.74, 6) is 0. The van der Waals surface area contributed by atoms with Gasteiger partial charge in [-0.2, -0.15) is 0 Å². The summed E-state index contributed by atoms with van der Waals surface area (Å²) in [6, 6.07) is 81.9. The van der Waals surface area contributed by atoms with Crippen LogP contribution in [0.4, 0.5) is 17.1 Å². The molecule has 0 amide bonds. The minimum absolute atomic E-state index is 1.10. The molecule has 0 aliphatic rings. The lowest BCUT2D eigenvalue weighted by atomic mass is 9.96. The van der Waals surface area contributed by atoms with E-state index in [-0.39, 0.29) is 0 Å². The molecule has 58 heavy (non-hydrogen) atoms. The van der Waals surface area contributed by atoms with Gasteiger partial charge in [-0.15, -0.1) is 11.3 Å². The first kappa shape index (κ1) is 34.0. The molecule has 0 N–H and O–H groups in total. The zero-order valence-corrected chi connectivity index (χ0v) is 32.5. The van der Waals surface area contributed by atoms with Crippen LogP contribution >= 0.6 is 11.3 Å². The first-order valence-corrected chi connectivity index (χ1v) is 20.6. The molecule has 0 bridgehead atoms. The van der Waals surface area contributed by atoms with Crippen molar-refractivity contribution in [1.29, 1.82) is 0 Å². The van der Waals surface area contributed by atoms with Gasteiger partial charge in [0.05, 0.1) is 5.69 Å². The van der Waals surface area contributed by atoms with Gasteiger partial charge in [0.25, 0.3) is 0 Å². The maximum atomic E-state index is 2.42. The fourth-order valence-electron chi connectivity index (χ4n) is 8.58. The average Bonchev–Trinajstić information content (AvgIpc) is 3.69. The zero-order chi connectivity index (χ0) is 38.4. The molecule has 10 aromatic carbocycles. The Morgan fingerprint density at radius 1 is 0.293 bits per heavy atom. The van der Waals surface area contributed by atoms with E-state index in [1.165, 1.54) is 86.2 Å². The molecule has 0 radical (unpaired) electrons. The van der Waals surface area contributed by atoms with Crippen LogP contribution in [0.2, 0.25) is 0 Å². The van der Waals surface area contributed by atoms with Gasteiger partial charge >= 0.3 is 0 Å². The molecule has 1 nitrogen and oxygen atoms in total. The number of anilines is 3. The van der Waals surface area contributed by atoms with Crippen molar-refractivity contribution in [3.05, 3.63) is 224 Å². The van der Waals surface area contributed by atoms with Crippen LogP contribution in [0.25, 0.3) is 86.2 Å². The van der Waals surface area contributed by atoms with Crippen molar-refractivity contribution in [2.24, 2.45) is 0 Å². The number of para-hydroxylation sites is 1. The molecule has 0 aliphatic heterocycles. The van der Waals surface area contributed by atoms with E-state index < -0.39 is 0 Å². The third kappa shape index (κ3) is 6.03. The molecule has 272 valence electrons. The van der Waals surface area contributed by atoms with E-state index in [0.29, 0.717) is 0 Å². The first-order valence-electron chi connectivity index (χ1n) is 19.8. The summed E-state index contributed by atoms with van der Waals surface area (Å²) in [4.78, 5) is 2.42. The third-order valence-corrected chi connectivity index (χ3v) is 12.7. The van der Waals surface area contributed by atoms with Crippen LogP contribution in [-0.2, 0) is 0 Å². The Hall–Kier alpha value is -7.26. The lowest BCUT2D eigenvalue weighted by molar-refractivity contribution is 1.28. The molecule has 0 saturated carbocycles. The van der Waals surface area contributed by atoms with Crippen molar-refractivity contribution in [2.45, 2.75) is 0 Å². The Morgan fingerprint density at radius 3 is 1.57 bits per heavy atom. The number of nitrogens with zero attached hydrogens (tertiary/aromatic N) is 1. The standard InChI is InChI=1S/C56H37NS/c1-2-13-44-37-45(28-25-38(44)11-1)41-31-35-47(36-32-41)57(54-21-7-5-16-50(54)52-19-10-20-53-51-17-6-8-22-55(51)58-56(52)53)46-33-29-40(30-34-46)39-23-26-43(27-24-39)49-18-9-14-42-12-3-4-15-48(42)49/h1-37H. The van der Waals surface area contributed by atoms with E-state index in [4.69, 9.17) is 0 Å². The molecule has 2 heteroatoms. The number of hydrogen-bond donors (Lipinski definition) is 0. The SMILES string of the molecule is c1ccc(N(c2ccc(-c3ccc(-c4cccc5ccccc45)cc3)cc2)c2ccc(-c3ccc4ccccc4c3)cc2)c(-c2cccc3c2sc2ccccc23)c1. The van der Waals surface area contributed by atoms with Crippen LogP contribution in [0.3, 0.4) is 0 Å². The lowest BCUT2D eigenvalue weighted by Crippen LogP contribution is -2.11. The van der Waals surface area contributed by atoms with Gasteiger partial charge in [-0.05, 0) is 97.4 Å². The highest BCUT2D eigenvalue weighted by Gasteiger charge is 2.20. The molecule has 0 fully saturated rings. The number of rotatable bonds is 7. The van der Waals surface area contributed by atoms with Gasteiger partial charge in [0.1, 0.15) is 0 Å². The van der Waals surface area contributed by atoms with Crippen LogP contribution in [0, 0.1) is 0 Å². The molecule has 0 atom stereocenters. The van der Waals surface area contributed by atoms with Gasteiger partial charge in [0.2, 0.25) is 0 Å². The van der Waals surface area contributed by atoms with Gasteiger partial charge in [-0.3, -0.25) is 0 Å². The molecular formula is C56H37NS. The second kappa shape index (κ2) is 14.4. The first-order chi connectivity index (χ1) is 28.7. The van der Waals surface area contributed by atoms with Crippen molar-refractivity contribution in [3.8, 4) is 44.5 Å². The highest BCUT2D eigenvalue weighted by atomic mass is 32.1. The van der Waals surface area contributed by atoms with Crippen LogP contribution in [0.15, 0.2) is 224 Å². The van der Waals surface area contributed by atoms with Crippen molar-refractivity contribution >= 4 is 70.1 Å². The molecular weight excluding hydrogens is 719 g/mol. The quantitative estimate of drug-likeness (QED) is 0.157. The molecule has 1 heterocycles. The van der Waals surface area contributed by atoms with E-state index in [0.717, 1.165) is 17.1 Å². The number of thiophene rings is 1. The molecule has 0 aliphatic carbocycles. The van der Waals surface area contributed by atoms with E-state index >= 15 is 0 Å². The summed E-state index contributed by atoms with van der Waals surface area (Å²) in [5.41, 5.74) is 13.1. The molecule has 1 aromatic heterocycles. The highest BCUT2D eigenvalue weighted by Crippen LogP contribution is 2.46. The van der Waals surface area contributed by atoms with Gasteiger partial charge in [0, 0.05) is 42.7 Å². The van der Waals surface area contributed by atoms with Crippen LogP contribution in [0.5, 0.6) is 0 Å². The van der Waals surface area contributed by atoms with E-state index in [2.05, 4.69) is 229 Å². The van der Waals surface area contributed by atoms with E-state index in [9.17, 15) is 0 Å². The summed E-state index contributed by atoms with van der Waals surface area (Å²) >= 11 is 1.88.